The Bertz CT molecular complexity index is 1180. The summed E-state index contributed by atoms with van der Waals surface area (Å²) in [6, 6.07) is 9.73. The van der Waals surface area contributed by atoms with E-state index in [1.807, 2.05) is 0 Å². The lowest BCUT2D eigenvalue weighted by atomic mass is 10.0. The number of anilines is 1. The summed E-state index contributed by atoms with van der Waals surface area (Å²) in [5.41, 5.74) is 6.28. The van der Waals surface area contributed by atoms with Crippen LogP contribution in [-0.2, 0) is 12.1 Å². The number of ether oxygens (including phenoxy) is 1. The number of aromatic nitrogens is 3. The SMILES string of the molecule is CC(F)(F)Oc1cccc2c(C(C=NCc3cccc(C(C)(C)O)n3)=NN)nc(N)nc12. The Morgan fingerprint density at radius 3 is 2.50 bits per heavy atom. The molecule has 2 aromatic heterocycles. The lowest BCUT2D eigenvalue weighted by Gasteiger charge is -2.16. The minimum absolute atomic E-state index is 0.0885. The average molecular weight is 443 g/mol. The van der Waals surface area contributed by atoms with Gasteiger partial charge in [0.25, 0.3) is 0 Å². The van der Waals surface area contributed by atoms with Crippen LogP contribution in [0.25, 0.3) is 10.9 Å². The van der Waals surface area contributed by atoms with E-state index in [-0.39, 0.29) is 35.2 Å². The first-order chi connectivity index (χ1) is 15.0. The predicted octanol–water partition coefficient (Wildman–Crippen LogP) is 2.76. The number of halogens is 2. The first-order valence-electron chi connectivity index (χ1n) is 9.58. The topological polar surface area (TPSA) is 145 Å². The van der Waals surface area contributed by atoms with Gasteiger partial charge in [-0.05, 0) is 32.0 Å². The van der Waals surface area contributed by atoms with Crippen molar-refractivity contribution in [3.63, 3.8) is 0 Å². The van der Waals surface area contributed by atoms with Gasteiger partial charge >= 0.3 is 6.11 Å². The third-order valence-corrected chi connectivity index (χ3v) is 4.28. The Balaban J connectivity index is 1.94. The van der Waals surface area contributed by atoms with Crippen LogP contribution in [0.3, 0.4) is 0 Å². The molecule has 0 saturated carbocycles. The van der Waals surface area contributed by atoms with Crippen LogP contribution in [0, 0.1) is 0 Å². The molecule has 0 aliphatic heterocycles. The number of pyridine rings is 1. The van der Waals surface area contributed by atoms with Crippen molar-refractivity contribution in [3.05, 3.63) is 53.5 Å². The van der Waals surface area contributed by atoms with Crippen molar-refractivity contribution in [3.8, 4) is 5.75 Å². The molecule has 0 atom stereocenters. The van der Waals surface area contributed by atoms with Gasteiger partial charge in [-0.3, -0.25) is 9.98 Å². The maximum atomic E-state index is 13.4. The summed E-state index contributed by atoms with van der Waals surface area (Å²) in [4.78, 5) is 16.9. The van der Waals surface area contributed by atoms with E-state index in [1.165, 1.54) is 18.3 Å². The van der Waals surface area contributed by atoms with Crippen LogP contribution < -0.4 is 16.3 Å². The van der Waals surface area contributed by atoms with Crippen molar-refractivity contribution in [1.82, 2.24) is 15.0 Å². The number of hydrogen-bond acceptors (Lipinski definition) is 9. The molecular weight excluding hydrogens is 420 g/mol. The highest BCUT2D eigenvalue weighted by atomic mass is 19.3. The van der Waals surface area contributed by atoms with Crippen molar-refractivity contribution in [2.24, 2.45) is 15.9 Å². The third kappa shape index (κ3) is 5.49. The van der Waals surface area contributed by atoms with Crippen molar-refractivity contribution in [2.75, 3.05) is 5.73 Å². The van der Waals surface area contributed by atoms with Gasteiger partial charge in [0.05, 0.1) is 24.1 Å². The monoisotopic (exact) mass is 443 g/mol. The summed E-state index contributed by atoms with van der Waals surface area (Å²) in [5.74, 6) is 5.21. The van der Waals surface area contributed by atoms with Crippen LogP contribution in [0.1, 0.15) is 37.9 Å². The van der Waals surface area contributed by atoms with Gasteiger partial charge in [0.15, 0.2) is 5.75 Å². The summed E-state index contributed by atoms with van der Waals surface area (Å²) in [7, 11) is 0. The molecule has 0 saturated heterocycles. The third-order valence-electron chi connectivity index (χ3n) is 4.28. The Morgan fingerprint density at radius 1 is 1.12 bits per heavy atom. The molecule has 32 heavy (non-hydrogen) atoms. The molecule has 0 amide bonds. The normalized spacial score (nSPS) is 13.1. The van der Waals surface area contributed by atoms with Gasteiger partial charge in [-0.25, -0.2) is 9.97 Å². The number of rotatable bonds is 7. The first kappa shape index (κ1) is 22.9. The number of para-hydroxylation sites is 1. The highest BCUT2D eigenvalue weighted by molar-refractivity contribution is 6.40. The Morgan fingerprint density at radius 2 is 1.84 bits per heavy atom. The molecule has 0 unspecified atom stereocenters. The molecule has 0 fully saturated rings. The van der Waals surface area contributed by atoms with Crippen molar-refractivity contribution in [2.45, 2.75) is 39.0 Å². The molecule has 0 spiro atoms. The van der Waals surface area contributed by atoms with Gasteiger partial charge in [0.2, 0.25) is 5.95 Å². The van der Waals surface area contributed by atoms with Gasteiger partial charge in [-0.2, -0.15) is 13.9 Å². The van der Waals surface area contributed by atoms with Crippen molar-refractivity contribution in [1.29, 1.82) is 0 Å². The molecule has 0 aliphatic carbocycles. The van der Waals surface area contributed by atoms with E-state index < -0.39 is 11.7 Å². The zero-order valence-corrected chi connectivity index (χ0v) is 17.8. The Labute approximate surface area is 182 Å². The average Bonchev–Trinajstić information content (AvgIpc) is 2.70. The molecule has 0 bridgehead atoms. The number of nitrogens with zero attached hydrogens (tertiary/aromatic N) is 5. The molecule has 9 nitrogen and oxygen atoms in total. The second-order valence-corrected chi connectivity index (χ2v) is 7.55. The maximum Gasteiger partial charge on any atom is 0.394 e. The molecular formula is C21H23F2N7O2. The molecule has 3 rings (SSSR count). The largest absolute Gasteiger partial charge is 0.430 e. The predicted molar refractivity (Wildman–Crippen MR) is 118 cm³/mol. The maximum absolute atomic E-state index is 13.4. The van der Waals surface area contributed by atoms with Crippen molar-refractivity contribution >= 4 is 28.8 Å². The van der Waals surface area contributed by atoms with Crippen LogP contribution in [0.4, 0.5) is 14.7 Å². The number of hydrazone groups is 1. The van der Waals surface area contributed by atoms with E-state index in [9.17, 15) is 13.9 Å². The second-order valence-electron chi connectivity index (χ2n) is 7.55. The van der Waals surface area contributed by atoms with Crippen LogP contribution >= 0.6 is 0 Å². The molecule has 5 N–H and O–H groups in total. The van der Waals surface area contributed by atoms with Crippen LogP contribution in [0.15, 0.2) is 46.5 Å². The van der Waals surface area contributed by atoms with E-state index >= 15 is 0 Å². The number of nitrogen functional groups attached to an aromatic ring is 1. The van der Waals surface area contributed by atoms with Gasteiger partial charge in [0.1, 0.15) is 22.5 Å². The summed E-state index contributed by atoms with van der Waals surface area (Å²) in [6.45, 7) is 4.08. The Hall–Kier alpha value is -3.73. The number of hydrogen-bond donors (Lipinski definition) is 3. The number of alkyl halides is 2. The fourth-order valence-corrected chi connectivity index (χ4v) is 2.90. The molecule has 3 aromatic rings. The zero-order valence-electron chi connectivity index (χ0n) is 17.8. The van der Waals surface area contributed by atoms with Gasteiger partial charge in [-0.15, -0.1) is 0 Å². The van der Waals surface area contributed by atoms with Gasteiger partial charge in [-0.1, -0.05) is 18.2 Å². The standard InChI is InChI=1S/C21H23F2N7O2/c1-20(2,31)16-9-4-6-12(27-16)10-26-11-14(30-25)17-13-7-5-8-15(32-21(3,22)23)18(13)29-19(24)28-17/h4-9,11,31H,10,25H2,1-3H3,(H2,24,28,29). The number of nitrogens with two attached hydrogens (primary N) is 2. The number of aliphatic imine (C=N–C) groups is 1. The van der Waals surface area contributed by atoms with Gasteiger partial charge < -0.3 is 21.4 Å². The smallest absolute Gasteiger partial charge is 0.394 e. The van der Waals surface area contributed by atoms with E-state index in [2.05, 4.69) is 25.0 Å². The summed E-state index contributed by atoms with van der Waals surface area (Å²) < 4.78 is 31.5. The van der Waals surface area contributed by atoms with Crippen LogP contribution in [0.2, 0.25) is 0 Å². The number of fused-ring (bicyclic) bond motifs is 1. The summed E-state index contributed by atoms with van der Waals surface area (Å²) in [6.07, 6.45) is -2.04. The Kier molecular flexibility index (Phi) is 6.30. The molecule has 2 heterocycles. The minimum atomic E-state index is -3.41. The minimum Gasteiger partial charge on any atom is -0.430 e. The van der Waals surface area contributed by atoms with E-state index in [0.717, 1.165) is 0 Å². The van der Waals surface area contributed by atoms with E-state index in [0.29, 0.717) is 23.7 Å². The molecule has 0 radical (unpaired) electrons. The molecule has 168 valence electrons. The molecule has 11 heteroatoms. The van der Waals surface area contributed by atoms with E-state index in [1.54, 1.807) is 38.1 Å². The molecule has 0 aliphatic rings. The first-order valence-corrected chi connectivity index (χ1v) is 9.58. The van der Waals surface area contributed by atoms with Gasteiger partial charge in [0, 0.05) is 12.3 Å². The highest BCUT2D eigenvalue weighted by Crippen LogP contribution is 2.30. The summed E-state index contributed by atoms with van der Waals surface area (Å²) >= 11 is 0. The number of benzene rings is 1. The fourth-order valence-electron chi connectivity index (χ4n) is 2.90. The highest BCUT2D eigenvalue weighted by Gasteiger charge is 2.25. The lowest BCUT2D eigenvalue weighted by molar-refractivity contribution is -0.158. The zero-order chi connectivity index (χ0) is 23.5. The summed E-state index contributed by atoms with van der Waals surface area (Å²) in [5, 5.41) is 14.2. The molecule has 1 aromatic carbocycles. The lowest BCUT2D eigenvalue weighted by Crippen LogP contribution is -2.20. The van der Waals surface area contributed by atoms with Crippen molar-refractivity contribution < 1.29 is 18.6 Å². The van der Waals surface area contributed by atoms with Crippen LogP contribution in [0.5, 0.6) is 5.75 Å². The quantitative estimate of drug-likeness (QED) is 0.289. The van der Waals surface area contributed by atoms with Crippen LogP contribution in [-0.4, -0.2) is 38.1 Å². The number of aliphatic hydroxyl groups is 1. The van der Waals surface area contributed by atoms with E-state index in [4.69, 9.17) is 16.3 Å². The fraction of sp³-hybridized carbons (Fsp3) is 0.286. The second kappa shape index (κ2) is 8.79.